The first kappa shape index (κ1) is 12.5. The van der Waals surface area contributed by atoms with E-state index in [0.717, 1.165) is 12.8 Å². The summed E-state index contributed by atoms with van der Waals surface area (Å²) in [7, 11) is 1.49. The molecule has 1 fully saturated rings. The molecule has 0 radical (unpaired) electrons. The number of nitrogens with zero attached hydrogens (tertiary/aromatic N) is 1. The van der Waals surface area contributed by atoms with Gasteiger partial charge in [0.05, 0.1) is 6.54 Å². The fraction of sp³-hybridized carbons (Fsp3) is 0.700. The zero-order valence-electron chi connectivity index (χ0n) is 9.40. The van der Waals surface area contributed by atoms with Crippen LogP contribution in [0.5, 0.6) is 0 Å². The van der Waals surface area contributed by atoms with Crippen molar-refractivity contribution in [2.45, 2.75) is 25.8 Å². The lowest BCUT2D eigenvalue weighted by atomic mass is 10.2. The molecule has 1 unspecified atom stereocenters. The number of hydrogen-bond donors (Lipinski definition) is 2. The topological polar surface area (TPSA) is 86.7 Å². The maximum absolute atomic E-state index is 11.4. The average Bonchev–Trinajstić information content (AvgIpc) is 2.96. The SMILES string of the molecule is CC(=O)N(C)CC(=O)NC(C(=O)O)C1CC1. The van der Waals surface area contributed by atoms with Crippen LogP contribution < -0.4 is 5.32 Å². The van der Waals surface area contributed by atoms with Crippen LogP contribution in [-0.2, 0) is 14.4 Å². The summed E-state index contributed by atoms with van der Waals surface area (Å²) in [5.74, 6) is -1.63. The molecule has 16 heavy (non-hydrogen) atoms. The summed E-state index contributed by atoms with van der Waals surface area (Å²) in [6.45, 7) is 1.24. The third-order valence-electron chi connectivity index (χ3n) is 2.59. The van der Waals surface area contributed by atoms with Gasteiger partial charge >= 0.3 is 5.97 Å². The number of carbonyl (C=O) groups excluding carboxylic acids is 2. The summed E-state index contributed by atoms with van der Waals surface area (Å²) in [4.78, 5) is 34.4. The molecule has 1 saturated carbocycles. The highest BCUT2D eigenvalue weighted by molar-refractivity contribution is 5.87. The summed E-state index contributed by atoms with van der Waals surface area (Å²) < 4.78 is 0. The number of nitrogens with one attached hydrogen (secondary N) is 1. The van der Waals surface area contributed by atoms with E-state index in [4.69, 9.17) is 5.11 Å². The average molecular weight is 228 g/mol. The van der Waals surface area contributed by atoms with Crippen molar-refractivity contribution < 1.29 is 19.5 Å². The Morgan fingerprint density at radius 3 is 2.38 bits per heavy atom. The number of amides is 2. The molecule has 0 heterocycles. The van der Waals surface area contributed by atoms with E-state index in [1.54, 1.807) is 0 Å². The highest BCUT2D eigenvalue weighted by Crippen LogP contribution is 2.32. The molecule has 1 rings (SSSR count). The number of carboxylic acid groups (broad SMARTS) is 1. The van der Waals surface area contributed by atoms with E-state index in [1.807, 2.05) is 0 Å². The summed E-state index contributed by atoms with van der Waals surface area (Å²) in [5.41, 5.74) is 0. The molecule has 0 saturated heterocycles. The normalized spacial score (nSPS) is 16.4. The second kappa shape index (κ2) is 4.96. The zero-order valence-corrected chi connectivity index (χ0v) is 9.40. The van der Waals surface area contributed by atoms with Crippen molar-refractivity contribution in [3.63, 3.8) is 0 Å². The maximum Gasteiger partial charge on any atom is 0.326 e. The molecule has 0 aromatic rings. The molecule has 1 aliphatic rings. The first-order valence-corrected chi connectivity index (χ1v) is 5.15. The van der Waals surface area contributed by atoms with Gasteiger partial charge in [0.2, 0.25) is 11.8 Å². The molecule has 0 bridgehead atoms. The van der Waals surface area contributed by atoms with Gasteiger partial charge in [-0.05, 0) is 18.8 Å². The van der Waals surface area contributed by atoms with Crippen molar-refractivity contribution in [2.24, 2.45) is 5.92 Å². The molecule has 0 aromatic carbocycles. The van der Waals surface area contributed by atoms with Crippen molar-refractivity contribution >= 4 is 17.8 Å². The number of carboxylic acids is 1. The van der Waals surface area contributed by atoms with E-state index in [9.17, 15) is 14.4 Å². The Bertz CT molecular complexity index is 312. The molecule has 90 valence electrons. The molecule has 1 aliphatic carbocycles. The zero-order chi connectivity index (χ0) is 12.3. The molecule has 1 atom stereocenters. The lowest BCUT2D eigenvalue weighted by Gasteiger charge is -2.17. The van der Waals surface area contributed by atoms with Crippen LogP contribution in [0.4, 0.5) is 0 Å². The number of likely N-dealkylation sites (N-methyl/N-ethyl adjacent to an activating group) is 1. The number of aliphatic carboxylic acids is 1. The van der Waals surface area contributed by atoms with E-state index < -0.39 is 17.9 Å². The monoisotopic (exact) mass is 228 g/mol. The van der Waals surface area contributed by atoms with Crippen LogP contribution in [-0.4, -0.2) is 47.4 Å². The largest absolute Gasteiger partial charge is 0.480 e. The van der Waals surface area contributed by atoms with Crippen molar-refractivity contribution in [3.8, 4) is 0 Å². The number of rotatable bonds is 5. The molecule has 0 spiro atoms. The Morgan fingerprint density at radius 1 is 1.44 bits per heavy atom. The summed E-state index contributed by atoms with van der Waals surface area (Å²) >= 11 is 0. The quantitative estimate of drug-likeness (QED) is 0.660. The molecule has 6 nitrogen and oxygen atoms in total. The summed E-state index contributed by atoms with van der Waals surface area (Å²) in [6, 6.07) is -0.812. The smallest absolute Gasteiger partial charge is 0.326 e. The van der Waals surface area contributed by atoms with E-state index in [0.29, 0.717) is 0 Å². The second-order valence-electron chi connectivity index (χ2n) is 4.10. The van der Waals surface area contributed by atoms with Crippen LogP contribution in [0.25, 0.3) is 0 Å². The standard InChI is InChI=1S/C10H16N2O4/c1-6(13)12(2)5-8(14)11-9(10(15)16)7-3-4-7/h7,9H,3-5H2,1-2H3,(H,11,14)(H,15,16). The van der Waals surface area contributed by atoms with Gasteiger partial charge in [-0.2, -0.15) is 0 Å². The Balaban J connectivity index is 2.42. The minimum absolute atomic E-state index is 0.0454. The molecule has 0 aliphatic heterocycles. The van der Waals surface area contributed by atoms with Gasteiger partial charge in [0.25, 0.3) is 0 Å². The van der Waals surface area contributed by atoms with Gasteiger partial charge in [0.1, 0.15) is 6.04 Å². The van der Waals surface area contributed by atoms with Crippen LogP contribution in [0.3, 0.4) is 0 Å². The Labute approximate surface area is 93.6 Å². The lowest BCUT2D eigenvalue weighted by molar-refractivity contribution is -0.142. The Hall–Kier alpha value is -1.59. The highest BCUT2D eigenvalue weighted by atomic mass is 16.4. The van der Waals surface area contributed by atoms with Crippen LogP contribution in [0, 0.1) is 5.92 Å². The van der Waals surface area contributed by atoms with E-state index >= 15 is 0 Å². The van der Waals surface area contributed by atoms with E-state index in [-0.39, 0.29) is 18.4 Å². The third kappa shape index (κ3) is 3.52. The van der Waals surface area contributed by atoms with Crippen LogP contribution in [0.15, 0.2) is 0 Å². The predicted octanol–water partition coefficient (Wildman–Crippen LogP) is -0.556. The number of hydrogen-bond acceptors (Lipinski definition) is 3. The van der Waals surface area contributed by atoms with Crippen LogP contribution in [0.2, 0.25) is 0 Å². The van der Waals surface area contributed by atoms with Gasteiger partial charge in [0.15, 0.2) is 0 Å². The molecule has 2 N–H and O–H groups in total. The lowest BCUT2D eigenvalue weighted by Crippen LogP contribution is -2.46. The van der Waals surface area contributed by atoms with Crippen LogP contribution >= 0.6 is 0 Å². The van der Waals surface area contributed by atoms with Gasteiger partial charge in [-0.25, -0.2) is 4.79 Å². The Morgan fingerprint density at radius 2 is 2.00 bits per heavy atom. The minimum atomic E-state index is -1.01. The summed E-state index contributed by atoms with van der Waals surface area (Å²) in [6.07, 6.45) is 1.67. The third-order valence-corrected chi connectivity index (χ3v) is 2.59. The minimum Gasteiger partial charge on any atom is -0.480 e. The van der Waals surface area contributed by atoms with Gasteiger partial charge in [-0.1, -0.05) is 0 Å². The van der Waals surface area contributed by atoms with Crippen molar-refractivity contribution in [1.29, 1.82) is 0 Å². The molecule has 0 aromatic heterocycles. The highest BCUT2D eigenvalue weighted by Gasteiger charge is 2.37. The predicted molar refractivity (Wildman–Crippen MR) is 55.6 cm³/mol. The fourth-order valence-electron chi connectivity index (χ4n) is 1.36. The molecular weight excluding hydrogens is 212 g/mol. The molecule has 2 amide bonds. The van der Waals surface area contributed by atoms with E-state index in [2.05, 4.69) is 5.32 Å². The van der Waals surface area contributed by atoms with Crippen LogP contribution in [0.1, 0.15) is 19.8 Å². The maximum atomic E-state index is 11.4. The summed E-state index contributed by atoms with van der Waals surface area (Å²) in [5, 5.41) is 11.3. The Kier molecular flexibility index (Phi) is 3.87. The van der Waals surface area contributed by atoms with Gasteiger partial charge in [-0.15, -0.1) is 0 Å². The number of carbonyl (C=O) groups is 3. The van der Waals surface area contributed by atoms with Gasteiger partial charge in [-0.3, -0.25) is 9.59 Å². The molecular formula is C10H16N2O4. The first-order valence-electron chi connectivity index (χ1n) is 5.15. The first-order chi connectivity index (χ1) is 7.41. The van der Waals surface area contributed by atoms with Crippen molar-refractivity contribution in [3.05, 3.63) is 0 Å². The molecule has 6 heteroatoms. The van der Waals surface area contributed by atoms with Gasteiger partial charge in [0, 0.05) is 14.0 Å². The van der Waals surface area contributed by atoms with Crippen molar-refractivity contribution in [2.75, 3.05) is 13.6 Å². The second-order valence-corrected chi connectivity index (χ2v) is 4.10. The van der Waals surface area contributed by atoms with Gasteiger partial charge < -0.3 is 15.3 Å². The van der Waals surface area contributed by atoms with E-state index in [1.165, 1.54) is 18.9 Å². The van der Waals surface area contributed by atoms with Crippen molar-refractivity contribution in [1.82, 2.24) is 10.2 Å². The fourth-order valence-corrected chi connectivity index (χ4v) is 1.36.